The van der Waals surface area contributed by atoms with Crippen molar-refractivity contribution in [2.75, 3.05) is 24.2 Å². The van der Waals surface area contributed by atoms with Crippen LogP contribution in [0.15, 0.2) is 48.0 Å². The van der Waals surface area contributed by atoms with Crippen LogP contribution in [-0.4, -0.2) is 49.7 Å². The molecule has 0 radical (unpaired) electrons. The van der Waals surface area contributed by atoms with E-state index in [2.05, 4.69) is 20.2 Å². The molecule has 4 rings (SSSR count). The zero-order valence-corrected chi connectivity index (χ0v) is 18.4. The third kappa shape index (κ3) is 5.04. The molecule has 1 amide bonds. The molecule has 1 unspecified atom stereocenters. The predicted octanol–water partition coefficient (Wildman–Crippen LogP) is 2.94. The molecule has 31 heavy (non-hydrogen) atoms. The summed E-state index contributed by atoms with van der Waals surface area (Å²) in [5.41, 5.74) is 0.604. The van der Waals surface area contributed by atoms with Gasteiger partial charge in [0.1, 0.15) is 11.3 Å². The largest absolute Gasteiger partial charge is 0.438 e. The number of nitrogens with one attached hydrogen (secondary N) is 1. The molecule has 1 saturated carbocycles. The molecule has 1 aliphatic carbocycles. The summed E-state index contributed by atoms with van der Waals surface area (Å²) in [6.45, 7) is 3.54. The summed E-state index contributed by atoms with van der Waals surface area (Å²) in [7, 11) is -3.27. The van der Waals surface area contributed by atoms with Gasteiger partial charge in [0.25, 0.3) is 5.91 Å². The fourth-order valence-electron chi connectivity index (χ4n) is 3.83. The van der Waals surface area contributed by atoms with Crippen molar-refractivity contribution in [3.63, 3.8) is 0 Å². The second-order valence-corrected chi connectivity index (χ2v) is 10.4. The molecule has 8 nitrogen and oxygen atoms in total. The Bertz CT molecular complexity index is 1090. The Kier molecular flexibility index (Phi) is 5.70. The number of para-hydroxylation sites is 1. The quantitative estimate of drug-likeness (QED) is 0.703. The maximum atomic E-state index is 12.8. The van der Waals surface area contributed by atoms with E-state index in [4.69, 9.17) is 4.74 Å². The molecule has 0 bridgehead atoms. The third-order valence-electron chi connectivity index (χ3n) is 5.67. The molecule has 1 aromatic heterocycles. The lowest BCUT2D eigenvalue weighted by Gasteiger charge is -2.55. The first-order valence-corrected chi connectivity index (χ1v) is 12.2. The van der Waals surface area contributed by atoms with Crippen LogP contribution in [0.3, 0.4) is 0 Å². The maximum Gasteiger partial charge on any atom is 0.258 e. The number of hydrogen-bond donors (Lipinski definition) is 1. The Labute approximate surface area is 182 Å². The van der Waals surface area contributed by atoms with Gasteiger partial charge >= 0.3 is 0 Å². The van der Waals surface area contributed by atoms with E-state index >= 15 is 0 Å². The van der Waals surface area contributed by atoms with Gasteiger partial charge in [0.15, 0.2) is 9.84 Å². The van der Waals surface area contributed by atoms with Gasteiger partial charge in [-0.3, -0.25) is 4.79 Å². The number of nitrogens with zero attached hydrogens (tertiary/aromatic N) is 3. The van der Waals surface area contributed by atoms with Crippen LogP contribution in [0.5, 0.6) is 11.6 Å². The summed E-state index contributed by atoms with van der Waals surface area (Å²) in [5.74, 6) is 0.833. The molecule has 1 saturated heterocycles. The number of aromatic nitrogens is 2. The molecule has 2 aliphatic rings. The second-order valence-electron chi connectivity index (χ2n) is 8.43. The molecule has 2 heterocycles. The third-order valence-corrected chi connectivity index (χ3v) is 6.32. The van der Waals surface area contributed by atoms with Crippen molar-refractivity contribution in [1.82, 2.24) is 15.3 Å². The number of hydrogen-bond acceptors (Lipinski definition) is 7. The molecule has 1 spiro atoms. The molecule has 9 heteroatoms. The number of anilines is 1. The highest BCUT2D eigenvalue weighted by molar-refractivity contribution is 7.93. The molecule has 2 fully saturated rings. The maximum absolute atomic E-state index is 12.8. The van der Waals surface area contributed by atoms with Gasteiger partial charge in [0.2, 0.25) is 11.8 Å². The summed E-state index contributed by atoms with van der Waals surface area (Å²) in [6, 6.07) is 8.62. The molecular weight excluding hydrogens is 416 g/mol. The summed E-state index contributed by atoms with van der Waals surface area (Å²) in [6.07, 6.45) is 7.75. The molecular formula is C22H26N4O4S. The van der Waals surface area contributed by atoms with Gasteiger partial charge in [-0.2, -0.15) is 4.98 Å². The van der Waals surface area contributed by atoms with E-state index in [9.17, 15) is 13.2 Å². The highest BCUT2D eigenvalue weighted by Gasteiger charge is 2.48. The van der Waals surface area contributed by atoms with Gasteiger partial charge in [-0.1, -0.05) is 30.7 Å². The van der Waals surface area contributed by atoms with Crippen LogP contribution in [0.1, 0.15) is 36.5 Å². The van der Waals surface area contributed by atoms with E-state index in [-0.39, 0.29) is 11.4 Å². The van der Waals surface area contributed by atoms with Crippen LogP contribution in [0.2, 0.25) is 0 Å². The van der Waals surface area contributed by atoms with Gasteiger partial charge in [-0.25, -0.2) is 13.4 Å². The fourth-order valence-corrected chi connectivity index (χ4v) is 4.36. The molecule has 1 atom stereocenters. The second kappa shape index (κ2) is 8.30. The Morgan fingerprint density at radius 1 is 1.26 bits per heavy atom. The van der Waals surface area contributed by atoms with Crippen LogP contribution in [0, 0.1) is 5.41 Å². The Balaban J connectivity index is 1.55. The first-order valence-electron chi connectivity index (χ1n) is 10.3. The highest BCUT2D eigenvalue weighted by atomic mass is 32.2. The normalized spacial score (nSPS) is 18.3. The van der Waals surface area contributed by atoms with Crippen LogP contribution in [0.4, 0.5) is 5.95 Å². The standard InChI is InChI=1S/C22H26N4O4S/c1-16(9-12-31(2,28)29)24-19(27)18-13-23-21(26-14-22(15-26)10-6-11-22)25-20(18)30-17-7-4-3-5-8-17/h3-5,7-9,12-13,16H,6,10-11,14-15H2,1-2H3,(H,24,27). The molecule has 1 N–H and O–H groups in total. The van der Waals surface area contributed by atoms with Crippen LogP contribution < -0.4 is 15.0 Å². The van der Waals surface area contributed by atoms with Gasteiger partial charge < -0.3 is 15.0 Å². The number of amides is 1. The van der Waals surface area contributed by atoms with Crippen molar-refractivity contribution in [1.29, 1.82) is 0 Å². The van der Waals surface area contributed by atoms with Crippen molar-refractivity contribution >= 4 is 21.7 Å². The lowest BCUT2D eigenvalue weighted by Crippen LogP contribution is -2.60. The monoisotopic (exact) mass is 442 g/mol. The average Bonchev–Trinajstić information content (AvgIpc) is 2.64. The van der Waals surface area contributed by atoms with E-state index in [1.54, 1.807) is 19.1 Å². The topological polar surface area (TPSA) is 101 Å². The first-order chi connectivity index (χ1) is 14.7. The van der Waals surface area contributed by atoms with Crippen molar-refractivity contribution < 1.29 is 17.9 Å². The first kappa shape index (κ1) is 21.3. The predicted molar refractivity (Wildman–Crippen MR) is 118 cm³/mol. The molecule has 1 aromatic carbocycles. The van der Waals surface area contributed by atoms with Gasteiger partial charge in [-0.05, 0) is 31.9 Å². The number of carbonyl (C=O) groups is 1. The summed E-state index contributed by atoms with van der Waals surface area (Å²) in [5, 5.41) is 3.81. The van der Waals surface area contributed by atoms with Crippen LogP contribution in [-0.2, 0) is 9.84 Å². The van der Waals surface area contributed by atoms with Crippen LogP contribution >= 0.6 is 0 Å². The smallest absolute Gasteiger partial charge is 0.258 e. The Morgan fingerprint density at radius 2 is 1.97 bits per heavy atom. The summed E-state index contributed by atoms with van der Waals surface area (Å²) >= 11 is 0. The van der Waals surface area contributed by atoms with Crippen LogP contribution in [0.25, 0.3) is 0 Å². The number of carbonyl (C=O) groups excluding carboxylic acids is 1. The van der Waals surface area contributed by atoms with E-state index in [1.165, 1.54) is 31.5 Å². The Morgan fingerprint density at radius 3 is 2.58 bits per heavy atom. The lowest BCUT2D eigenvalue weighted by molar-refractivity contribution is 0.0884. The number of ether oxygens (including phenoxy) is 1. The van der Waals surface area contributed by atoms with Gasteiger partial charge in [-0.15, -0.1) is 0 Å². The minimum atomic E-state index is -3.27. The molecule has 1 aliphatic heterocycles. The van der Waals surface area contributed by atoms with E-state index in [0.29, 0.717) is 17.1 Å². The molecule has 2 aromatic rings. The van der Waals surface area contributed by atoms with Gasteiger partial charge in [0, 0.05) is 42.4 Å². The Hall–Kier alpha value is -2.94. The summed E-state index contributed by atoms with van der Waals surface area (Å²) < 4.78 is 28.5. The SMILES string of the molecule is CC(C=CS(C)(=O)=O)NC(=O)c1cnc(N2CC3(CCC3)C2)nc1Oc1ccccc1. The summed E-state index contributed by atoms with van der Waals surface area (Å²) in [4.78, 5) is 23.9. The van der Waals surface area contributed by atoms with Crippen molar-refractivity contribution in [3.8, 4) is 11.6 Å². The lowest BCUT2D eigenvalue weighted by atomic mass is 9.64. The van der Waals surface area contributed by atoms with E-state index in [1.807, 2.05) is 18.2 Å². The zero-order chi connectivity index (χ0) is 22.1. The number of sulfone groups is 1. The number of rotatable bonds is 7. The fraction of sp³-hybridized carbons (Fsp3) is 0.409. The van der Waals surface area contributed by atoms with Crippen molar-refractivity contribution in [3.05, 3.63) is 53.6 Å². The molecule has 164 valence electrons. The van der Waals surface area contributed by atoms with E-state index < -0.39 is 21.8 Å². The minimum Gasteiger partial charge on any atom is -0.438 e. The van der Waals surface area contributed by atoms with E-state index in [0.717, 1.165) is 24.8 Å². The number of benzene rings is 1. The zero-order valence-electron chi connectivity index (χ0n) is 17.6. The average molecular weight is 443 g/mol. The highest BCUT2D eigenvalue weighted by Crippen LogP contribution is 2.49. The van der Waals surface area contributed by atoms with Gasteiger partial charge in [0.05, 0.1) is 0 Å². The van der Waals surface area contributed by atoms with Crippen molar-refractivity contribution in [2.24, 2.45) is 5.41 Å². The van der Waals surface area contributed by atoms with Crippen molar-refractivity contribution in [2.45, 2.75) is 32.2 Å². The minimum absolute atomic E-state index is 0.169.